The number of rotatable bonds is 5. The van der Waals surface area contributed by atoms with Gasteiger partial charge in [0.25, 0.3) is 0 Å². The Labute approximate surface area is 153 Å². The van der Waals surface area contributed by atoms with Gasteiger partial charge in [-0.25, -0.2) is 0 Å². The van der Waals surface area contributed by atoms with Crippen LogP contribution >= 0.6 is 22.6 Å². The molecule has 2 aliphatic rings. The zero-order valence-electron chi connectivity index (χ0n) is 14.5. The molecule has 4 nitrogen and oxygen atoms in total. The lowest BCUT2D eigenvalue weighted by Gasteiger charge is -2.55. The summed E-state index contributed by atoms with van der Waals surface area (Å²) >= 11 is 2.37. The summed E-state index contributed by atoms with van der Waals surface area (Å²) in [6.45, 7) is 8.59. The van der Waals surface area contributed by atoms with Crippen molar-refractivity contribution in [1.82, 2.24) is 9.78 Å². The van der Waals surface area contributed by atoms with Crippen LogP contribution in [0.15, 0.2) is 6.20 Å². The minimum Gasteiger partial charge on any atom is -0.394 e. The number of fused-ring (bicyclic) bond motifs is 2. The SMILES string of the molecule is Cc1c(I)cnn1CC12CC(C)CC(C)(CC(OCCO)C1)C2. The monoisotopic (exact) mass is 432 g/mol. The smallest absolute Gasteiger partial charge is 0.0701 e. The van der Waals surface area contributed by atoms with E-state index in [2.05, 4.69) is 53.1 Å². The lowest BCUT2D eigenvalue weighted by molar-refractivity contribution is -0.113. The Kier molecular flexibility index (Phi) is 5.10. The molecule has 2 bridgehead atoms. The molecule has 0 radical (unpaired) electrons. The lowest BCUT2D eigenvalue weighted by Crippen LogP contribution is -2.49. The van der Waals surface area contributed by atoms with Gasteiger partial charge in [0.05, 0.1) is 29.1 Å². The van der Waals surface area contributed by atoms with Crippen LogP contribution in [0.4, 0.5) is 0 Å². The molecular formula is C18H29IN2O2. The molecule has 1 N–H and O–H groups in total. The van der Waals surface area contributed by atoms with Gasteiger partial charge in [-0.2, -0.15) is 5.10 Å². The van der Waals surface area contributed by atoms with E-state index in [1.165, 1.54) is 28.5 Å². The van der Waals surface area contributed by atoms with Crippen molar-refractivity contribution >= 4 is 22.6 Å². The fourth-order valence-electron chi connectivity index (χ4n) is 5.54. The molecule has 2 saturated carbocycles. The van der Waals surface area contributed by atoms with Gasteiger partial charge in [-0.1, -0.05) is 13.8 Å². The van der Waals surface area contributed by atoms with Gasteiger partial charge in [-0.05, 0) is 78.4 Å². The molecule has 1 aromatic heterocycles. The second-order valence-electron chi connectivity index (χ2n) is 8.36. The van der Waals surface area contributed by atoms with Crippen LogP contribution < -0.4 is 0 Å². The fraction of sp³-hybridized carbons (Fsp3) is 0.833. The zero-order chi connectivity index (χ0) is 16.7. The number of hydrogen-bond acceptors (Lipinski definition) is 3. The van der Waals surface area contributed by atoms with Crippen molar-refractivity contribution in [2.45, 2.75) is 65.5 Å². The molecule has 1 aromatic rings. The highest BCUT2D eigenvalue weighted by Crippen LogP contribution is 2.58. The number of ether oxygens (including phenoxy) is 1. The topological polar surface area (TPSA) is 47.3 Å². The van der Waals surface area contributed by atoms with Gasteiger partial charge >= 0.3 is 0 Å². The van der Waals surface area contributed by atoms with E-state index in [-0.39, 0.29) is 18.1 Å². The Morgan fingerprint density at radius 3 is 2.83 bits per heavy atom. The van der Waals surface area contributed by atoms with E-state index < -0.39 is 0 Å². The molecule has 4 unspecified atom stereocenters. The quantitative estimate of drug-likeness (QED) is 0.721. The third-order valence-corrected chi connectivity index (χ3v) is 6.84. The number of aliphatic hydroxyl groups excluding tert-OH is 1. The Balaban J connectivity index is 1.85. The van der Waals surface area contributed by atoms with Crippen molar-refractivity contribution in [2.24, 2.45) is 16.7 Å². The average molecular weight is 432 g/mol. The molecule has 1 heterocycles. The van der Waals surface area contributed by atoms with Gasteiger partial charge < -0.3 is 9.84 Å². The van der Waals surface area contributed by atoms with Crippen molar-refractivity contribution in [1.29, 1.82) is 0 Å². The molecule has 0 amide bonds. The minimum atomic E-state index is 0.118. The predicted octanol–water partition coefficient (Wildman–Crippen LogP) is 3.78. The standard InChI is InChI=1S/C18H29IN2O2/c1-13-6-17(3)8-15(23-5-4-22)9-18(7-13,11-17)12-21-14(2)16(19)10-20-21/h10,13,15,22H,4-9,11-12H2,1-3H3. The highest BCUT2D eigenvalue weighted by atomic mass is 127. The largest absolute Gasteiger partial charge is 0.394 e. The summed E-state index contributed by atoms with van der Waals surface area (Å²) in [5.41, 5.74) is 1.92. The van der Waals surface area contributed by atoms with Crippen molar-refractivity contribution < 1.29 is 9.84 Å². The highest BCUT2D eigenvalue weighted by Gasteiger charge is 2.51. The third kappa shape index (κ3) is 3.76. The van der Waals surface area contributed by atoms with Crippen molar-refractivity contribution in [2.75, 3.05) is 13.2 Å². The van der Waals surface area contributed by atoms with Gasteiger partial charge in [-0.3, -0.25) is 4.68 Å². The van der Waals surface area contributed by atoms with Crippen LogP contribution in [0.25, 0.3) is 0 Å². The predicted molar refractivity (Wildman–Crippen MR) is 99.3 cm³/mol. The van der Waals surface area contributed by atoms with Crippen LogP contribution in [0.5, 0.6) is 0 Å². The molecule has 3 rings (SSSR count). The first-order chi connectivity index (χ1) is 10.8. The molecule has 4 atom stereocenters. The molecule has 0 aliphatic heterocycles. The first-order valence-corrected chi connectivity index (χ1v) is 9.83. The molecule has 2 aliphatic carbocycles. The summed E-state index contributed by atoms with van der Waals surface area (Å²) < 4.78 is 9.43. The number of hydrogen-bond donors (Lipinski definition) is 1. The Bertz CT molecular complexity index is 561. The minimum absolute atomic E-state index is 0.118. The van der Waals surface area contributed by atoms with Crippen LogP contribution in [0, 0.1) is 27.2 Å². The van der Waals surface area contributed by atoms with Gasteiger partial charge in [-0.15, -0.1) is 0 Å². The zero-order valence-corrected chi connectivity index (χ0v) is 16.7. The highest BCUT2D eigenvalue weighted by molar-refractivity contribution is 14.1. The van der Waals surface area contributed by atoms with Gasteiger partial charge in [0.15, 0.2) is 0 Å². The van der Waals surface area contributed by atoms with Gasteiger partial charge in [0.1, 0.15) is 0 Å². The van der Waals surface area contributed by atoms with Crippen LogP contribution in [-0.2, 0) is 11.3 Å². The number of aromatic nitrogens is 2. The normalized spacial score (nSPS) is 37.1. The van der Waals surface area contributed by atoms with E-state index in [1.54, 1.807) is 0 Å². The Morgan fingerprint density at radius 1 is 1.39 bits per heavy atom. The molecule has 2 fully saturated rings. The van der Waals surface area contributed by atoms with E-state index in [0.29, 0.717) is 12.0 Å². The summed E-state index contributed by atoms with van der Waals surface area (Å²) in [7, 11) is 0. The summed E-state index contributed by atoms with van der Waals surface area (Å²) in [5.74, 6) is 0.766. The van der Waals surface area contributed by atoms with E-state index in [9.17, 15) is 0 Å². The Hall–Kier alpha value is -0.140. The second kappa shape index (κ2) is 6.64. The maximum absolute atomic E-state index is 9.10. The van der Waals surface area contributed by atoms with Crippen LogP contribution in [0.1, 0.15) is 51.6 Å². The Morgan fingerprint density at radius 2 is 2.17 bits per heavy atom. The van der Waals surface area contributed by atoms with Crippen LogP contribution in [-0.4, -0.2) is 34.2 Å². The van der Waals surface area contributed by atoms with E-state index >= 15 is 0 Å². The van der Waals surface area contributed by atoms with E-state index in [4.69, 9.17) is 9.84 Å². The van der Waals surface area contributed by atoms with E-state index in [0.717, 1.165) is 25.3 Å². The maximum atomic E-state index is 9.10. The number of halogens is 1. The summed E-state index contributed by atoms with van der Waals surface area (Å²) in [6, 6.07) is 0. The first-order valence-electron chi connectivity index (χ1n) is 8.75. The fourth-order valence-corrected chi connectivity index (χ4v) is 5.94. The molecule has 0 saturated heterocycles. The van der Waals surface area contributed by atoms with Crippen molar-refractivity contribution in [3.63, 3.8) is 0 Å². The van der Waals surface area contributed by atoms with E-state index in [1.807, 2.05) is 6.20 Å². The summed E-state index contributed by atoms with van der Waals surface area (Å²) in [5, 5.41) is 13.7. The lowest BCUT2D eigenvalue weighted by atomic mass is 9.52. The van der Waals surface area contributed by atoms with Crippen molar-refractivity contribution in [3.05, 3.63) is 15.5 Å². The number of nitrogens with zero attached hydrogens (tertiary/aromatic N) is 2. The van der Waals surface area contributed by atoms with Gasteiger partial charge in [0.2, 0.25) is 0 Å². The first kappa shape index (κ1) is 17.7. The molecule has 0 spiro atoms. The van der Waals surface area contributed by atoms with Crippen molar-refractivity contribution in [3.8, 4) is 0 Å². The van der Waals surface area contributed by atoms with Crippen LogP contribution in [0.2, 0.25) is 0 Å². The second-order valence-corrected chi connectivity index (χ2v) is 9.52. The molecule has 23 heavy (non-hydrogen) atoms. The molecule has 0 aromatic carbocycles. The average Bonchev–Trinajstić information content (AvgIpc) is 2.74. The summed E-state index contributed by atoms with van der Waals surface area (Å²) in [4.78, 5) is 0. The van der Waals surface area contributed by atoms with Crippen LogP contribution in [0.3, 0.4) is 0 Å². The van der Waals surface area contributed by atoms with Gasteiger partial charge in [0, 0.05) is 12.2 Å². The number of aliphatic hydroxyl groups is 1. The molecular weight excluding hydrogens is 403 g/mol. The molecule has 5 heteroatoms. The summed E-state index contributed by atoms with van der Waals surface area (Å²) in [6.07, 6.45) is 8.32. The maximum Gasteiger partial charge on any atom is 0.0701 e. The molecule has 130 valence electrons. The third-order valence-electron chi connectivity index (χ3n) is 5.78.